The summed E-state index contributed by atoms with van der Waals surface area (Å²) in [6.45, 7) is 6.26. The molecule has 0 fully saturated rings. The van der Waals surface area contributed by atoms with Crippen LogP contribution in [0.1, 0.15) is 49.8 Å². The van der Waals surface area contributed by atoms with Crippen molar-refractivity contribution >= 4 is 58.2 Å². The number of anilines is 1. The molecule has 3 amide bonds. The Labute approximate surface area is 258 Å². The van der Waals surface area contributed by atoms with Gasteiger partial charge in [-0.2, -0.15) is 13.2 Å². The number of carboxylic acids is 1. The summed E-state index contributed by atoms with van der Waals surface area (Å²) in [6.07, 6.45) is -5.08. The van der Waals surface area contributed by atoms with Crippen LogP contribution in [0.3, 0.4) is 0 Å². The van der Waals surface area contributed by atoms with Crippen LogP contribution in [0.15, 0.2) is 59.6 Å². The molecule has 2 aromatic carbocycles. The number of nitrogens with zero attached hydrogens (tertiary/aromatic N) is 2. The zero-order valence-corrected chi connectivity index (χ0v) is 24.9. The topological polar surface area (TPSA) is 137 Å². The molecule has 10 nitrogen and oxygen atoms in total. The number of carbonyl (C=O) groups excluding carboxylic acids is 3. The number of carboxylic acid groups (broad SMARTS) is 1. The highest BCUT2D eigenvalue weighted by atomic mass is 35.5. The lowest BCUT2D eigenvalue weighted by atomic mass is 9.92. The predicted octanol–water partition coefficient (Wildman–Crippen LogP) is 5.49. The van der Waals surface area contributed by atoms with E-state index in [2.05, 4.69) is 29.5 Å². The van der Waals surface area contributed by atoms with Gasteiger partial charge >= 0.3 is 12.1 Å². The van der Waals surface area contributed by atoms with Crippen molar-refractivity contribution in [1.82, 2.24) is 10.2 Å². The number of rotatable bonds is 7. The third-order valence-corrected chi connectivity index (χ3v) is 7.60. The lowest BCUT2D eigenvalue weighted by Crippen LogP contribution is -2.43. The molecule has 0 saturated carbocycles. The second-order valence-electron chi connectivity index (χ2n) is 10.5. The van der Waals surface area contributed by atoms with Crippen LogP contribution in [-0.2, 0) is 11.3 Å². The zero-order chi connectivity index (χ0) is 32.2. The van der Waals surface area contributed by atoms with Crippen LogP contribution in [0.25, 0.3) is 0 Å². The minimum Gasteiger partial charge on any atom is -0.486 e. The van der Waals surface area contributed by atoms with Crippen LogP contribution in [0.4, 0.5) is 18.9 Å². The Kier molecular flexibility index (Phi) is 9.64. The SMILES string of the molecule is CC1(C)CN=C(COc2cccc(CN3C(=O)c4cccc(NC(=O)c5ccc(Cl)s5)c4C3=O)c2)NC1.O=C(O)C(F)(F)F. The van der Waals surface area contributed by atoms with Gasteiger partial charge in [0, 0.05) is 18.5 Å². The number of imide groups is 1. The fourth-order valence-corrected chi connectivity index (χ4v) is 5.07. The van der Waals surface area contributed by atoms with Gasteiger partial charge in [0.15, 0.2) is 0 Å². The van der Waals surface area contributed by atoms with Crippen LogP contribution < -0.4 is 15.4 Å². The third kappa shape index (κ3) is 7.94. The zero-order valence-electron chi connectivity index (χ0n) is 23.3. The van der Waals surface area contributed by atoms with Gasteiger partial charge in [0.05, 0.1) is 32.6 Å². The molecule has 2 aliphatic heterocycles. The first-order valence-electron chi connectivity index (χ1n) is 13.0. The van der Waals surface area contributed by atoms with Gasteiger partial charge in [-0.15, -0.1) is 11.3 Å². The highest BCUT2D eigenvalue weighted by Crippen LogP contribution is 2.32. The molecule has 232 valence electrons. The van der Waals surface area contributed by atoms with Gasteiger partial charge in [0.1, 0.15) is 18.2 Å². The molecule has 0 spiro atoms. The van der Waals surface area contributed by atoms with E-state index < -0.39 is 29.9 Å². The summed E-state index contributed by atoms with van der Waals surface area (Å²) in [5.74, 6) is -2.61. The fourth-order valence-electron chi connectivity index (χ4n) is 4.13. The van der Waals surface area contributed by atoms with Crippen molar-refractivity contribution in [3.63, 3.8) is 0 Å². The van der Waals surface area contributed by atoms with Crippen molar-refractivity contribution in [2.45, 2.75) is 26.6 Å². The number of aliphatic imine (C=N–C) groups is 1. The van der Waals surface area contributed by atoms with E-state index in [-0.39, 0.29) is 28.8 Å². The maximum absolute atomic E-state index is 13.3. The molecule has 0 unspecified atom stereocenters. The van der Waals surface area contributed by atoms with E-state index in [1.807, 2.05) is 18.2 Å². The number of hydrogen-bond acceptors (Lipinski definition) is 8. The van der Waals surface area contributed by atoms with Crippen molar-refractivity contribution < 1.29 is 42.2 Å². The molecule has 0 radical (unpaired) electrons. The third-order valence-electron chi connectivity index (χ3n) is 6.37. The number of nitrogens with one attached hydrogen (secondary N) is 2. The first-order chi connectivity index (χ1) is 20.6. The van der Waals surface area contributed by atoms with Crippen LogP contribution in [0, 0.1) is 5.41 Å². The Morgan fingerprint density at radius 1 is 1.14 bits per heavy atom. The lowest BCUT2D eigenvalue weighted by molar-refractivity contribution is -0.192. The van der Waals surface area contributed by atoms with E-state index in [1.54, 1.807) is 36.4 Å². The van der Waals surface area contributed by atoms with E-state index in [4.69, 9.17) is 26.2 Å². The Hall–Kier alpha value is -4.43. The van der Waals surface area contributed by atoms with E-state index in [0.717, 1.165) is 35.8 Å². The molecule has 3 aromatic rings. The summed E-state index contributed by atoms with van der Waals surface area (Å²) in [5, 5.41) is 13.2. The molecule has 0 bridgehead atoms. The van der Waals surface area contributed by atoms with Crippen molar-refractivity contribution in [1.29, 1.82) is 0 Å². The average molecular weight is 651 g/mol. The molecular formula is C29H26ClF3N4O6S. The molecule has 0 saturated heterocycles. The minimum atomic E-state index is -5.08. The molecule has 0 aliphatic carbocycles. The van der Waals surface area contributed by atoms with E-state index in [9.17, 15) is 27.6 Å². The summed E-state index contributed by atoms with van der Waals surface area (Å²) in [5.41, 5.74) is 1.58. The molecule has 1 aromatic heterocycles. The van der Waals surface area contributed by atoms with Crippen molar-refractivity contribution in [3.8, 4) is 5.75 Å². The molecule has 3 heterocycles. The predicted molar refractivity (Wildman–Crippen MR) is 158 cm³/mol. The highest BCUT2D eigenvalue weighted by Gasteiger charge is 2.39. The van der Waals surface area contributed by atoms with Crippen LogP contribution >= 0.6 is 22.9 Å². The molecule has 2 aliphatic rings. The number of amidine groups is 1. The summed E-state index contributed by atoms with van der Waals surface area (Å²) < 4.78 is 38.1. The van der Waals surface area contributed by atoms with Gasteiger partial charge in [-0.25, -0.2) is 4.79 Å². The van der Waals surface area contributed by atoms with Gasteiger partial charge < -0.3 is 20.5 Å². The maximum Gasteiger partial charge on any atom is 0.490 e. The van der Waals surface area contributed by atoms with Crippen molar-refractivity contribution in [3.05, 3.63) is 80.5 Å². The molecule has 44 heavy (non-hydrogen) atoms. The number of halogens is 4. The molecule has 0 atom stereocenters. The summed E-state index contributed by atoms with van der Waals surface area (Å²) in [6, 6.07) is 15.4. The smallest absolute Gasteiger partial charge is 0.486 e. The summed E-state index contributed by atoms with van der Waals surface area (Å²) in [7, 11) is 0. The van der Waals surface area contributed by atoms with Gasteiger partial charge in [0.25, 0.3) is 17.7 Å². The van der Waals surface area contributed by atoms with Crippen LogP contribution in [0.5, 0.6) is 5.75 Å². The van der Waals surface area contributed by atoms with Gasteiger partial charge in [-0.05, 0) is 42.0 Å². The number of benzene rings is 2. The Morgan fingerprint density at radius 2 is 1.84 bits per heavy atom. The number of fused-ring (bicyclic) bond motifs is 1. The number of hydrogen-bond donors (Lipinski definition) is 3. The van der Waals surface area contributed by atoms with Gasteiger partial charge in [-0.3, -0.25) is 24.3 Å². The largest absolute Gasteiger partial charge is 0.490 e. The average Bonchev–Trinajstić information content (AvgIpc) is 3.50. The lowest BCUT2D eigenvalue weighted by Gasteiger charge is -2.29. The first-order valence-corrected chi connectivity index (χ1v) is 14.2. The van der Waals surface area contributed by atoms with Crippen LogP contribution in [0.2, 0.25) is 4.34 Å². The quantitative estimate of drug-likeness (QED) is 0.288. The number of thiophene rings is 1. The molecule has 3 N–H and O–H groups in total. The first kappa shape index (κ1) is 32.5. The fraction of sp³-hybridized carbons (Fsp3) is 0.276. The number of alkyl halides is 3. The standard InChI is InChI=1S/C27H25ClN4O4S.C2HF3O2/c1-27(2)14-29-22(30-15-27)13-36-17-6-3-5-16(11-17)12-32-25(34)18-7-4-8-19(23(18)26(32)35)31-24(33)20-9-10-21(28)37-20;3-2(4,5)1(6)7/h3-11H,12-15H2,1-2H3,(H,29,30)(H,31,33);(H,6,7). The Balaban J connectivity index is 0.000000566. The molecular weight excluding hydrogens is 625 g/mol. The Morgan fingerprint density at radius 3 is 2.45 bits per heavy atom. The highest BCUT2D eigenvalue weighted by molar-refractivity contribution is 7.18. The van der Waals surface area contributed by atoms with E-state index in [0.29, 0.717) is 21.6 Å². The van der Waals surface area contributed by atoms with Crippen molar-refractivity contribution in [2.75, 3.05) is 25.0 Å². The number of aliphatic carboxylic acids is 1. The van der Waals surface area contributed by atoms with Gasteiger partial charge in [0.2, 0.25) is 0 Å². The number of amides is 3. The maximum atomic E-state index is 13.3. The molecule has 5 rings (SSSR count). The van der Waals surface area contributed by atoms with Crippen LogP contribution in [-0.4, -0.2) is 65.4 Å². The number of ether oxygens (including phenoxy) is 1. The monoisotopic (exact) mass is 650 g/mol. The van der Waals surface area contributed by atoms with E-state index in [1.165, 1.54) is 4.90 Å². The van der Waals surface area contributed by atoms with E-state index >= 15 is 0 Å². The van der Waals surface area contributed by atoms with Gasteiger partial charge in [-0.1, -0.05) is 43.6 Å². The number of carbonyl (C=O) groups is 4. The molecule has 15 heteroatoms. The summed E-state index contributed by atoms with van der Waals surface area (Å²) >= 11 is 7.07. The minimum absolute atomic E-state index is 0.0743. The summed E-state index contributed by atoms with van der Waals surface area (Å²) in [4.78, 5) is 54.1. The second kappa shape index (κ2) is 13.1. The second-order valence-corrected chi connectivity index (χ2v) is 12.2. The van der Waals surface area contributed by atoms with Crippen molar-refractivity contribution in [2.24, 2.45) is 10.4 Å². The Bertz CT molecular complexity index is 1640. The normalized spacial score (nSPS) is 15.4.